The quantitative estimate of drug-likeness (QED) is 0.332. The Morgan fingerprint density at radius 1 is 1.38 bits per heavy atom. The first-order valence-corrected chi connectivity index (χ1v) is 10.5. The number of hydroxylamine groups is 3. The van der Waals surface area contributed by atoms with Crippen molar-refractivity contribution in [2.75, 3.05) is 19.7 Å². The lowest BCUT2D eigenvalue weighted by Gasteiger charge is -2.29. The zero-order valence-corrected chi connectivity index (χ0v) is 16.1. The molecule has 4 rings (SSSR count). The maximum atomic E-state index is 12.4. The zero-order valence-electron chi connectivity index (χ0n) is 15.2. The Hall–Kier alpha value is -2.33. The number of hydrogen-bond acceptors (Lipinski definition) is 9. The molecule has 160 valence electrons. The molecule has 15 heteroatoms. The number of aromatic nitrogens is 3. The van der Waals surface area contributed by atoms with Crippen molar-refractivity contribution in [2.45, 2.75) is 43.4 Å². The summed E-state index contributed by atoms with van der Waals surface area (Å²) in [4.78, 5) is 31.3. The van der Waals surface area contributed by atoms with Crippen LogP contribution >= 0.6 is 0 Å². The molecule has 0 spiro atoms. The second kappa shape index (κ2) is 7.83. The predicted molar refractivity (Wildman–Crippen MR) is 92.9 cm³/mol. The number of amides is 3. The topological polar surface area (TPSA) is 168 Å². The number of nitrogens with zero attached hydrogens (tertiary/aromatic N) is 5. The van der Waals surface area contributed by atoms with Crippen LogP contribution in [-0.4, -0.2) is 87.7 Å². The Morgan fingerprint density at radius 2 is 2.21 bits per heavy atom. The lowest BCUT2D eigenvalue weighted by molar-refractivity contribution is -0.139. The van der Waals surface area contributed by atoms with Crippen molar-refractivity contribution < 1.29 is 31.7 Å². The van der Waals surface area contributed by atoms with E-state index in [4.69, 9.17) is 9.39 Å². The molecule has 0 saturated carbocycles. The Kier molecular flexibility index (Phi) is 5.39. The van der Waals surface area contributed by atoms with Gasteiger partial charge in [-0.3, -0.25) is 14.2 Å². The first-order valence-electron chi connectivity index (χ1n) is 9.09. The second-order valence-corrected chi connectivity index (χ2v) is 8.17. The Labute approximate surface area is 166 Å². The molecule has 3 aliphatic rings. The van der Waals surface area contributed by atoms with E-state index in [1.807, 2.05) is 0 Å². The van der Waals surface area contributed by atoms with Crippen LogP contribution in [0.5, 0.6) is 0 Å². The summed E-state index contributed by atoms with van der Waals surface area (Å²) in [6.45, 7) is 1.07. The van der Waals surface area contributed by atoms with E-state index in [2.05, 4.69) is 25.4 Å². The van der Waals surface area contributed by atoms with Crippen LogP contribution in [0.15, 0.2) is 12.4 Å². The van der Waals surface area contributed by atoms with Crippen LogP contribution in [0.4, 0.5) is 4.79 Å². The Balaban J connectivity index is 1.25. The summed E-state index contributed by atoms with van der Waals surface area (Å²) in [5, 5.41) is 11.6. The molecule has 3 amide bonds. The van der Waals surface area contributed by atoms with Crippen LogP contribution in [0.2, 0.25) is 0 Å². The average Bonchev–Trinajstić information content (AvgIpc) is 3.39. The van der Waals surface area contributed by atoms with Crippen molar-refractivity contribution in [3.63, 3.8) is 0 Å². The summed E-state index contributed by atoms with van der Waals surface area (Å²) in [5.41, 5.74) is 2.36. The molecule has 2 bridgehead atoms. The number of piperidine rings is 1. The highest BCUT2D eigenvalue weighted by molar-refractivity contribution is 7.80. The number of nitrogens with one attached hydrogen (secondary N) is 2. The summed E-state index contributed by atoms with van der Waals surface area (Å²) in [7, 11) is -4.83. The van der Waals surface area contributed by atoms with Gasteiger partial charge in [-0.05, 0) is 19.3 Å². The van der Waals surface area contributed by atoms with Crippen LogP contribution < -0.4 is 10.8 Å². The van der Waals surface area contributed by atoms with Gasteiger partial charge in [0.1, 0.15) is 6.04 Å². The van der Waals surface area contributed by atoms with E-state index < -0.39 is 34.4 Å². The van der Waals surface area contributed by atoms with E-state index in [9.17, 15) is 18.0 Å². The summed E-state index contributed by atoms with van der Waals surface area (Å²) in [5.74, 6) is -0.503. The van der Waals surface area contributed by atoms with E-state index in [0.717, 1.165) is 6.42 Å². The first kappa shape index (κ1) is 20.0. The van der Waals surface area contributed by atoms with Crippen LogP contribution in [0, 0.1) is 0 Å². The molecule has 3 N–H and O–H groups in total. The summed E-state index contributed by atoms with van der Waals surface area (Å²) < 4.78 is 36.7. The fraction of sp³-hybridized carbons (Fsp3) is 0.714. The van der Waals surface area contributed by atoms with E-state index in [0.29, 0.717) is 24.4 Å². The van der Waals surface area contributed by atoms with Crippen molar-refractivity contribution in [3.05, 3.63) is 12.4 Å². The van der Waals surface area contributed by atoms with Crippen molar-refractivity contribution in [3.8, 4) is 0 Å². The molecule has 4 heterocycles. The summed E-state index contributed by atoms with van der Waals surface area (Å²) >= 11 is 0. The number of carbonyl (C=O) groups excluding carboxylic acids is 2. The third kappa shape index (κ3) is 4.32. The highest BCUT2D eigenvalue weighted by atomic mass is 32.3. The number of fused-ring (bicyclic) bond motifs is 2. The van der Waals surface area contributed by atoms with Crippen molar-refractivity contribution >= 4 is 22.3 Å². The monoisotopic (exact) mass is 431 g/mol. The standard InChI is InChI=1S/C14H21N7O7S/c22-13(17-27-8-9-5-11(6-15-9)20-4-3-16-18-20)12-2-1-10-7-19(12)14(23)21(10)28-29(24,25)26/h3-4,9-12,15H,1-2,5-8H2,(H,17,22)(H,24,25,26)/t9?,10-,11?,12+/m1/s1. The molecule has 4 atom stereocenters. The molecule has 0 aliphatic carbocycles. The summed E-state index contributed by atoms with van der Waals surface area (Å²) in [6.07, 6.45) is 4.82. The van der Waals surface area contributed by atoms with E-state index >= 15 is 0 Å². The molecule has 14 nitrogen and oxygen atoms in total. The van der Waals surface area contributed by atoms with Gasteiger partial charge in [-0.1, -0.05) is 5.21 Å². The van der Waals surface area contributed by atoms with Gasteiger partial charge in [-0.2, -0.15) is 13.5 Å². The maximum Gasteiger partial charge on any atom is 0.418 e. The third-order valence-corrected chi connectivity index (χ3v) is 5.62. The smallest absolute Gasteiger partial charge is 0.309 e. The molecule has 29 heavy (non-hydrogen) atoms. The van der Waals surface area contributed by atoms with Crippen LogP contribution in [0.1, 0.15) is 25.3 Å². The van der Waals surface area contributed by atoms with Crippen LogP contribution in [0.25, 0.3) is 0 Å². The molecule has 3 saturated heterocycles. The second-order valence-electron chi connectivity index (χ2n) is 7.17. The number of urea groups is 1. The summed E-state index contributed by atoms with van der Waals surface area (Å²) in [6, 6.07) is -1.97. The fourth-order valence-electron chi connectivity index (χ4n) is 3.92. The van der Waals surface area contributed by atoms with Gasteiger partial charge in [0.15, 0.2) is 0 Å². The highest BCUT2D eigenvalue weighted by Crippen LogP contribution is 2.30. The molecule has 2 unspecified atom stereocenters. The van der Waals surface area contributed by atoms with Crippen LogP contribution in [-0.2, 0) is 24.3 Å². The molecular formula is C14H21N7O7S. The molecule has 1 aromatic rings. The van der Waals surface area contributed by atoms with Gasteiger partial charge < -0.3 is 10.2 Å². The van der Waals surface area contributed by atoms with Crippen molar-refractivity contribution in [2.24, 2.45) is 0 Å². The van der Waals surface area contributed by atoms with Crippen molar-refractivity contribution in [1.29, 1.82) is 0 Å². The Morgan fingerprint density at radius 3 is 2.93 bits per heavy atom. The van der Waals surface area contributed by atoms with Gasteiger partial charge in [-0.25, -0.2) is 15.0 Å². The maximum absolute atomic E-state index is 12.4. The first-order chi connectivity index (χ1) is 13.8. The molecule has 3 fully saturated rings. The number of carbonyl (C=O) groups is 2. The van der Waals surface area contributed by atoms with E-state index in [-0.39, 0.29) is 25.2 Å². The van der Waals surface area contributed by atoms with Gasteiger partial charge in [0, 0.05) is 25.3 Å². The normalized spacial score (nSPS) is 29.5. The van der Waals surface area contributed by atoms with E-state index in [1.54, 1.807) is 17.1 Å². The Bertz CT molecular complexity index is 864. The van der Waals surface area contributed by atoms with Crippen LogP contribution in [0.3, 0.4) is 0 Å². The predicted octanol–water partition coefficient (Wildman–Crippen LogP) is -1.77. The SMILES string of the molecule is O=C(NOCC1CC(n2ccnn2)CN1)[C@@H]1CC[C@@H]2CN1C(=O)N2OS(=O)(=O)O. The van der Waals surface area contributed by atoms with Crippen molar-refractivity contribution in [1.82, 2.24) is 35.8 Å². The molecular weight excluding hydrogens is 410 g/mol. The lowest BCUT2D eigenvalue weighted by atomic mass is 10.0. The molecule has 0 radical (unpaired) electrons. The largest absolute Gasteiger partial charge is 0.418 e. The lowest BCUT2D eigenvalue weighted by Crippen LogP contribution is -2.50. The minimum absolute atomic E-state index is 0.0207. The fourth-order valence-corrected chi connectivity index (χ4v) is 4.31. The van der Waals surface area contributed by atoms with E-state index in [1.165, 1.54) is 4.90 Å². The molecule has 0 aromatic carbocycles. The van der Waals surface area contributed by atoms with Gasteiger partial charge >= 0.3 is 16.4 Å². The number of hydrogen-bond donors (Lipinski definition) is 3. The number of rotatable bonds is 7. The van der Waals surface area contributed by atoms with Gasteiger partial charge in [-0.15, -0.1) is 9.38 Å². The zero-order chi connectivity index (χ0) is 20.6. The highest BCUT2D eigenvalue weighted by Gasteiger charge is 2.49. The molecule has 1 aromatic heterocycles. The minimum Gasteiger partial charge on any atom is -0.309 e. The third-order valence-electron chi connectivity index (χ3n) is 5.27. The van der Waals surface area contributed by atoms with Gasteiger partial charge in [0.25, 0.3) is 5.91 Å². The average molecular weight is 431 g/mol. The van der Waals surface area contributed by atoms with Gasteiger partial charge in [0.05, 0.1) is 24.9 Å². The minimum atomic E-state index is -4.83. The molecule has 3 aliphatic heterocycles. The van der Waals surface area contributed by atoms with Gasteiger partial charge in [0.2, 0.25) is 0 Å².